The molecule has 2 atom stereocenters. The van der Waals surface area contributed by atoms with Crippen LogP contribution in [0.2, 0.25) is 0 Å². The highest BCUT2D eigenvalue weighted by atomic mass is 32.1. The number of fused-ring (bicyclic) bond motifs is 3. The average Bonchev–Trinajstić information content (AvgIpc) is 3.38. The van der Waals surface area contributed by atoms with Crippen molar-refractivity contribution in [3.05, 3.63) is 75.6 Å². The van der Waals surface area contributed by atoms with E-state index in [0.29, 0.717) is 38.2 Å². The molecule has 1 aliphatic heterocycles. The molecule has 9 heteroatoms. The molecule has 1 amide bonds. The van der Waals surface area contributed by atoms with Crippen LogP contribution in [-0.4, -0.2) is 24.1 Å². The van der Waals surface area contributed by atoms with E-state index in [4.69, 9.17) is 19.6 Å². The second kappa shape index (κ2) is 7.44. The molecule has 3 heterocycles. The first-order valence-electron chi connectivity index (χ1n) is 9.43. The fourth-order valence-electron chi connectivity index (χ4n) is 3.71. The Labute approximate surface area is 180 Å². The summed E-state index contributed by atoms with van der Waals surface area (Å²) in [5, 5.41) is 3.81. The number of nitrogens with two attached hydrogens (primary N) is 1. The van der Waals surface area contributed by atoms with Crippen molar-refractivity contribution in [3.63, 3.8) is 0 Å². The first kappa shape index (κ1) is 19.1. The predicted octanol–water partition coefficient (Wildman–Crippen LogP) is 3.37. The van der Waals surface area contributed by atoms with Crippen LogP contribution >= 0.6 is 11.3 Å². The average molecular weight is 435 g/mol. The molecule has 5 rings (SSSR count). The summed E-state index contributed by atoms with van der Waals surface area (Å²) in [6.07, 6.45) is 0.566. The Kier molecular flexibility index (Phi) is 4.59. The first-order chi connectivity index (χ1) is 15.0. The van der Waals surface area contributed by atoms with Crippen LogP contribution in [0.3, 0.4) is 0 Å². The third-order valence-electron chi connectivity index (χ3n) is 5.12. The van der Waals surface area contributed by atoms with Crippen LogP contribution in [0.4, 0.5) is 10.8 Å². The maximum Gasteiger partial charge on any atom is 0.344 e. The number of anilines is 2. The summed E-state index contributed by atoms with van der Waals surface area (Å²) in [7, 11) is 1.57. The summed E-state index contributed by atoms with van der Waals surface area (Å²) in [4.78, 5) is 30.8. The number of para-hydroxylation sites is 1. The lowest BCUT2D eigenvalue weighted by Gasteiger charge is -2.17. The van der Waals surface area contributed by atoms with Gasteiger partial charge >= 0.3 is 5.63 Å². The van der Waals surface area contributed by atoms with Gasteiger partial charge in [0.15, 0.2) is 11.2 Å². The summed E-state index contributed by atoms with van der Waals surface area (Å²) >= 11 is 1.20. The maximum absolute atomic E-state index is 13.2. The summed E-state index contributed by atoms with van der Waals surface area (Å²) in [5.74, 6) is -0.0750. The van der Waals surface area contributed by atoms with Crippen molar-refractivity contribution in [2.45, 2.75) is 12.0 Å². The number of methoxy groups -OCH3 is 1. The quantitative estimate of drug-likeness (QED) is 0.472. The second-order valence-corrected chi connectivity index (χ2v) is 8.06. The SMILES string of the molecule is COc1ccc(NC(=O)C2Oc3c(c(=O)oc4ccccc34)C2c2cnc(N)s2)cc1. The van der Waals surface area contributed by atoms with E-state index in [2.05, 4.69) is 10.3 Å². The zero-order chi connectivity index (χ0) is 21.5. The van der Waals surface area contributed by atoms with Gasteiger partial charge in [-0.2, -0.15) is 0 Å². The number of benzene rings is 2. The van der Waals surface area contributed by atoms with E-state index in [9.17, 15) is 9.59 Å². The molecule has 3 N–H and O–H groups in total. The number of ether oxygens (including phenoxy) is 2. The van der Waals surface area contributed by atoms with Gasteiger partial charge in [-0.1, -0.05) is 12.1 Å². The van der Waals surface area contributed by atoms with Crippen molar-refractivity contribution >= 4 is 39.0 Å². The van der Waals surface area contributed by atoms with Crippen LogP contribution in [0.5, 0.6) is 11.5 Å². The van der Waals surface area contributed by atoms with Crippen molar-refractivity contribution in [2.24, 2.45) is 0 Å². The Morgan fingerprint density at radius 2 is 1.97 bits per heavy atom. The molecule has 0 aliphatic carbocycles. The smallest absolute Gasteiger partial charge is 0.344 e. The Morgan fingerprint density at radius 1 is 1.19 bits per heavy atom. The third-order valence-corrected chi connectivity index (χ3v) is 6.03. The molecular weight excluding hydrogens is 418 g/mol. The number of nitrogens with zero attached hydrogens (tertiary/aromatic N) is 1. The van der Waals surface area contributed by atoms with Gasteiger partial charge in [-0.25, -0.2) is 9.78 Å². The summed E-state index contributed by atoms with van der Waals surface area (Å²) in [5.41, 5.74) is 6.53. The van der Waals surface area contributed by atoms with Crippen molar-refractivity contribution in [1.82, 2.24) is 4.98 Å². The third kappa shape index (κ3) is 3.28. The highest BCUT2D eigenvalue weighted by molar-refractivity contribution is 7.15. The Hall–Kier alpha value is -3.85. The van der Waals surface area contributed by atoms with Crippen LogP contribution < -0.4 is 26.1 Å². The molecule has 0 bridgehead atoms. The number of hydrogen-bond donors (Lipinski definition) is 2. The topological polar surface area (TPSA) is 117 Å². The van der Waals surface area contributed by atoms with Gasteiger partial charge in [-0.05, 0) is 36.4 Å². The molecule has 0 fully saturated rings. The second-order valence-electron chi connectivity index (χ2n) is 6.96. The first-order valence-corrected chi connectivity index (χ1v) is 10.3. The maximum atomic E-state index is 13.2. The van der Waals surface area contributed by atoms with Gasteiger partial charge in [-0.3, -0.25) is 4.79 Å². The standard InChI is InChI=1S/C22H17N3O5S/c1-28-12-8-6-11(7-9-12)25-20(26)19-16(15-10-24-22(23)31-15)17-18(30-19)13-4-2-3-5-14(13)29-21(17)27/h2-10,16,19H,1H3,(H2,23,24)(H,25,26). The molecule has 156 valence electrons. The zero-order valence-corrected chi connectivity index (χ0v) is 17.1. The van der Waals surface area contributed by atoms with Crippen LogP contribution in [0.15, 0.2) is 63.9 Å². The minimum atomic E-state index is -0.995. The largest absolute Gasteiger partial charge is 0.497 e. The van der Waals surface area contributed by atoms with Gasteiger partial charge in [0.05, 0.1) is 24.0 Å². The molecule has 2 aromatic heterocycles. The monoisotopic (exact) mass is 435 g/mol. The van der Waals surface area contributed by atoms with Crippen LogP contribution in [0.1, 0.15) is 16.4 Å². The van der Waals surface area contributed by atoms with Crippen LogP contribution in [-0.2, 0) is 4.79 Å². The highest BCUT2D eigenvalue weighted by Crippen LogP contribution is 2.46. The molecule has 2 unspecified atom stereocenters. The Bertz CT molecular complexity index is 1350. The van der Waals surface area contributed by atoms with E-state index in [1.807, 2.05) is 6.07 Å². The van der Waals surface area contributed by atoms with Crippen molar-refractivity contribution in [1.29, 1.82) is 0 Å². The number of amides is 1. The summed E-state index contributed by atoms with van der Waals surface area (Å²) in [6.45, 7) is 0. The van der Waals surface area contributed by atoms with E-state index >= 15 is 0 Å². The molecule has 1 aliphatic rings. The fourth-order valence-corrected chi connectivity index (χ4v) is 4.53. The molecule has 0 saturated carbocycles. The number of nitrogen functional groups attached to an aromatic ring is 1. The minimum absolute atomic E-state index is 0.289. The molecule has 2 aromatic carbocycles. The van der Waals surface area contributed by atoms with Gasteiger partial charge in [-0.15, -0.1) is 11.3 Å². The number of hydrogen-bond acceptors (Lipinski definition) is 8. The number of rotatable bonds is 4. The highest BCUT2D eigenvalue weighted by Gasteiger charge is 2.45. The molecule has 0 saturated heterocycles. The summed E-state index contributed by atoms with van der Waals surface area (Å²) < 4.78 is 16.8. The van der Waals surface area contributed by atoms with Crippen LogP contribution in [0, 0.1) is 0 Å². The Morgan fingerprint density at radius 3 is 2.68 bits per heavy atom. The lowest BCUT2D eigenvalue weighted by molar-refractivity contribution is -0.122. The van der Waals surface area contributed by atoms with E-state index in [-0.39, 0.29) is 5.56 Å². The Balaban J connectivity index is 1.58. The van der Waals surface area contributed by atoms with E-state index < -0.39 is 23.6 Å². The number of thiazole rings is 1. The number of carbonyl (C=O) groups excluding carboxylic acids is 1. The van der Waals surface area contributed by atoms with Crippen LogP contribution in [0.25, 0.3) is 11.0 Å². The minimum Gasteiger partial charge on any atom is -0.497 e. The molecule has 4 aromatic rings. The van der Waals surface area contributed by atoms with Gasteiger partial charge in [0.2, 0.25) is 0 Å². The lowest BCUT2D eigenvalue weighted by Crippen LogP contribution is -2.35. The molecular formula is C22H17N3O5S. The zero-order valence-electron chi connectivity index (χ0n) is 16.3. The normalized spacial score (nSPS) is 17.2. The van der Waals surface area contributed by atoms with E-state index in [0.717, 1.165) is 0 Å². The van der Waals surface area contributed by atoms with E-state index in [1.165, 1.54) is 11.3 Å². The van der Waals surface area contributed by atoms with Crippen molar-refractivity contribution < 1.29 is 18.7 Å². The van der Waals surface area contributed by atoms with Gasteiger partial charge in [0, 0.05) is 16.8 Å². The number of aromatic nitrogens is 1. The predicted molar refractivity (Wildman–Crippen MR) is 117 cm³/mol. The van der Waals surface area contributed by atoms with Crippen molar-refractivity contribution in [2.75, 3.05) is 18.2 Å². The van der Waals surface area contributed by atoms with E-state index in [1.54, 1.807) is 55.8 Å². The van der Waals surface area contributed by atoms with Crippen molar-refractivity contribution in [3.8, 4) is 11.5 Å². The number of nitrogens with one attached hydrogen (secondary N) is 1. The van der Waals surface area contributed by atoms with Gasteiger partial charge < -0.3 is 24.9 Å². The van der Waals surface area contributed by atoms with Gasteiger partial charge in [0.25, 0.3) is 5.91 Å². The summed E-state index contributed by atoms with van der Waals surface area (Å²) in [6, 6.07) is 14.0. The molecule has 0 radical (unpaired) electrons. The number of carbonyl (C=O) groups is 1. The fraction of sp³-hybridized carbons (Fsp3) is 0.136. The molecule has 8 nitrogen and oxygen atoms in total. The lowest BCUT2D eigenvalue weighted by atomic mass is 9.94. The molecule has 0 spiro atoms. The van der Waals surface area contributed by atoms with Gasteiger partial charge in [0.1, 0.15) is 17.1 Å². The molecule has 31 heavy (non-hydrogen) atoms.